The summed E-state index contributed by atoms with van der Waals surface area (Å²) in [5.74, 6) is 0.976. The van der Waals surface area contributed by atoms with Crippen LogP contribution in [0.1, 0.15) is 30.1 Å². The van der Waals surface area contributed by atoms with Gasteiger partial charge in [-0.2, -0.15) is 0 Å². The molecule has 1 unspecified atom stereocenters. The molecule has 22 heavy (non-hydrogen) atoms. The number of halogens is 1. The van der Waals surface area contributed by atoms with Crippen LogP contribution in [0.3, 0.4) is 0 Å². The minimum Gasteiger partial charge on any atom is -0.304 e. The Morgan fingerprint density at radius 2 is 2.00 bits per heavy atom. The predicted molar refractivity (Wildman–Crippen MR) is 90.9 cm³/mol. The van der Waals surface area contributed by atoms with E-state index >= 15 is 0 Å². The quantitative estimate of drug-likeness (QED) is 0.773. The topological polar surface area (TPSA) is 42.7 Å². The van der Waals surface area contributed by atoms with E-state index in [0.29, 0.717) is 0 Å². The van der Waals surface area contributed by atoms with Gasteiger partial charge in [0.1, 0.15) is 5.37 Å². The average molecular weight is 331 g/mol. The zero-order valence-electron chi connectivity index (χ0n) is 12.1. The monoisotopic (exact) mass is 330 g/mol. The number of thioether (sulfide) groups is 1. The Labute approximate surface area is 137 Å². The molecular formula is C16H15ClN4S. The molecule has 0 spiro atoms. The maximum atomic E-state index is 6.50. The summed E-state index contributed by atoms with van der Waals surface area (Å²) in [6, 6.07) is 12.4. The van der Waals surface area contributed by atoms with Crippen LogP contribution in [0, 0.1) is 0 Å². The van der Waals surface area contributed by atoms with Gasteiger partial charge in [0.05, 0.1) is 0 Å². The van der Waals surface area contributed by atoms with E-state index in [1.54, 1.807) is 11.8 Å². The maximum absolute atomic E-state index is 6.50. The van der Waals surface area contributed by atoms with Crippen molar-refractivity contribution in [1.82, 2.24) is 14.9 Å². The first-order valence-electron chi connectivity index (χ1n) is 7.32. The molecule has 0 fully saturated rings. The van der Waals surface area contributed by atoms with Crippen molar-refractivity contribution >= 4 is 34.1 Å². The van der Waals surface area contributed by atoms with Gasteiger partial charge in [-0.1, -0.05) is 54.6 Å². The summed E-state index contributed by atoms with van der Waals surface area (Å²) in [5, 5.41) is 12.6. The zero-order chi connectivity index (χ0) is 15.1. The molecule has 1 aromatic heterocycles. The predicted octanol–water partition coefficient (Wildman–Crippen LogP) is 4.39. The summed E-state index contributed by atoms with van der Waals surface area (Å²) < 4.78 is 1.99. The summed E-state index contributed by atoms with van der Waals surface area (Å²) in [5.41, 5.74) is 4.54. The van der Waals surface area contributed by atoms with E-state index in [-0.39, 0.29) is 5.37 Å². The fourth-order valence-electron chi connectivity index (χ4n) is 2.70. The Morgan fingerprint density at radius 1 is 1.23 bits per heavy atom. The second-order valence-electron chi connectivity index (χ2n) is 5.33. The van der Waals surface area contributed by atoms with E-state index in [0.717, 1.165) is 39.8 Å². The number of benzene rings is 2. The molecule has 6 heteroatoms. The van der Waals surface area contributed by atoms with Gasteiger partial charge in [-0.05, 0) is 29.3 Å². The Morgan fingerprint density at radius 3 is 2.77 bits per heavy atom. The number of nitrogens with zero attached hydrogens (tertiary/aromatic N) is 3. The molecule has 1 atom stereocenters. The molecule has 0 amide bonds. The highest BCUT2D eigenvalue weighted by atomic mass is 35.5. The molecule has 0 aliphatic carbocycles. The summed E-state index contributed by atoms with van der Waals surface area (Å²) in [4.78, 5) is 0. The van der Waals surface area contributed by atoms with Crippen molar-refractivity contribution in [3.63, 3.8) is 0 Å². The molecule has 4 rings (SSSR count). The van der Waals surface area contributed by atoms with Gasteiger partial charge in [0.15, 0.2) is 5.82 Å². The smallest absolute Gasteiger partial charge is 0.212 e. The third kappa shape index (κ3) is 2.25. The van der Waals surface area contributed by atoms with Crippen LogP contribution in [0.15, 0.2) is 41.6 Å². The van der Waals surface area contributed by atoms with Crippen LogP contribution < -0.4 is 5.43 Å². The normalized spacial score (nSPS) is 16.7. The highest BCUT2D eigenvalue weighted by Gasteiger charge is 2.28. The molecule has 2 aromatic carbocycles. The van der Waals surface area contributed by atoms with Gasteiger partial charge in [0.2, 0.25) is 5.16 Å². The Bertz CT molecular complexity index is 845. The highest BCUT2D eigenvalue weighted by molar-refractivity contribution is 7.99. The number of rotatable bonds is 3. The summed E-state index contributed by atoms with van der Waals surface area (Å²) in [6.07, 6.45) is 1.96. The van der Waals surface area contributed by atoms with Crippen molar-refractivity contribution in [2.45, 2.75) is 30.3 Å². The van der Waals surface area contributed by atoms with Crippen molar-refractivity contribution < 1.29 is 0 Å². The van der Waals surface area contributed by atoms with E-state index in [1.807, 2.05) is 22.9 Å². The third-order valence-electron chi connectivity index (χ3n) is 3.79. The second-order valence-corrected chi connectivity index (χ2v) is 6.81. The number of aryl methyl sites for hydroxylation is 1. The van der Waals surface area contributed by atoms with Gasteiger partial charge in [-0.15, -0.1) is 10.2 Å². The first-order valence-corrected chi connectivity index (χ1v) is 8.57. The van der Waals surface area contributed by atoms with Crippen LogP contribution in [0.4, 0.5) is 0 Å². The lowest BCUT2D eigenvalue weighted by Crippen LogP contribution is -2.15. The van der Waals surface area contributed by atoms with Crippen LogP contribution in [-0.4, -0.2) is 14.9 Å². The van der Waals surface area contributed by atoms with E-state index < -0.39 is 0 Å². The first kappa shape index (κ1) is 13.9. The second kappa shape index (κ2) is 5.48. The molecule has 1 aliphatic heterocycles. The highest BCUT2D eigenvalue weighted by Crippen LogP contribution is 2.42. The van der Waals surface area contributed by atoms with Crippen molar-refractivity contribution in [3.05, 3.63) is 52.8 Å². The number of hydrogen-bond acceptors (Lipinski definition) is 4. The third-order valence-corrected chi connectivity index (χ3v) is 5.19. The standard InChI is InChI=1S/C16H15ClN4S/c1-2-5-14-18-19-16-21(14)20-15(22-16)12-8-10-6-3-4-7-11(10)9-13(12)17/h3-4,6-9,15,20H,2,5H2,1H3. The van der Waals surface area contributed by atoms with Gasteiger partial charge < -0.3 is 5.43 Å². The number of hydrogen-bond donors (Lipinski definition) is 1. The van der Waals surface area contributed by atoms with Crippen LogP contribution in [0.2, 0.25) is 5.02 Å². The van der Waals surface area contributed by atoms with Gasteiger partial charge >= 0.3 is 0 Å². The maximum Gasteiger partial charge on any atom is 0.212 e. The minimum absolute atomic E-state index is 0.0678. The Hall–Kier alpha value is -1.72. The molecule has 112 valence electrons. The molecule has 0 saturated carbocycles. The lowest BCUT2D eigenvalue weighted by atomic mass is 10.1. The lowest BCUT2D eigenvalue weighted by molar-refractivity contribution is 0.715. The molecule has 0 bridgehead atoms. The SMILES string of the molecule is CCCc1nnc2n1NC(c1cc3ccccc3cc1Cl)S2. The molecule has 0 saturated heterocycles. The van der Waals surface area contributed by atoms with Crippen LogP contribution in [0.5, 0.6) is 0 Å². The Balaban J connectivity index is 1.70. The summed E-state index contributed by atoms with van der Waals surface area (Å²) in [7, 11) is 0. The molecule has 1 N–H and O–H groups in total. The summed E-state index contributed by atoms with van der Waals surface area (Å²) >= 11 is 8.15. The van der Waals surface area contributed by atoms with Gasteiger partial charge in [-0.3, -0.25) is 0 Å². The molecule has 4 nitrogen and oxygen atoms in total. The van der Waals surface area contributed by atoms with Crippen LogP contribution >= 0.6 is 23.4 Å². The zero-order valence-corrected chi connectivity index (χ0v) is 13.7. The van der Waals surface area contributed by atoms with Crippen molar-refractivity contribution in [3.8, 4) is 0 Å². The van der Waals surface area contributed by atoms with Gasteiger partial charge in [0.25, 0.3) is 0 Å². The number of nitrogens with one attached hydrogen (secondary N) is 1. The van der Waals surface area contributed by atoms with E-state index in [9.17, 15) is 0 Å². The largest absolute Gasteiger partial charge is 0.304 e. The summed E-state index contributed by atoms with van der Waals surface area (Å²) in [6.45, 7) is 2.14. The van der Waals surface area contributed by atoms with Gasteiger partial charge in [-0.25, -0.2) is 4.68 Å². The molecule has 0 radical (unpaired) electrons. The van der Waals surface area contributed by atoms with Crippen molar-refractivity contribution in [2.75, 3.05) is 5.43 Å². The molecule has 2 heterocycles. The van der Waals surface area contributed by atoms with Gasteiger partial charge in [0, 0.05) is 17.0 Å². The fourth-order valence-corrected chi connectivity index (χ4v) is 4.09. The Kier molecular flexibility index (Phi) is 3.47. The first-order chi connectivity index (χ1) is 10.8. The van der Waals surface area contributed by atoms with E-state index in [2.05, 4.69) is 40.7 Å². The van der Waals surface area contributed by atoms with E-state index in [1.165, 1.54) is 5.39 Å². The number of aromatic nitrogens is 3. The van der Waals surface area contributed by atoms with E-state index in [4.69, 9.17) is 11.6 Å². The molecule has 3 aromatic rings. The van der Waals surface area contributed by atoms with Crippen LogP contribution in [-0.2, 0) is 6.42 Å². The van der Waals surface area contributed by atoms with Crippen molar-refractivity contribution in [1.29, 1.82) is 0 Å². The van der Waals surface area contributed by atoms with Crippen molar-refractivity contribution in [2.24, 2.45) is 0 Å². The lowest BCUT2D eigenvalue weighted by Gasteiger charge is -2.14. The number of fused-ring (bicyclic) bond motifs is 2. The average Bonchev–Trinajstić information content (AvgIpc) is 3.09. The minimum atomic E-state index is 0.0678. The molecule has 1 aliphatic rings. The molecular weight excluding hydrogens is 316 g/mol. The fraction of sp³-hybridized carbons (Fsp3) is 0.250. The van der Waals surface area contributed by atoms with Crippen LogP contribution in [0.25, 0.3) is 10.8 Å².